The van der Waals surface area contributed by atoms with Crippen LogP contribution in [0.4, 0.5) is 10.1 Å². The van der Waals surface area contributed by atoms with Crippen LogP contribution in [0.25, 0.3) is 0 Å². The van der Waals surface area contributed by atoms with Gasteiger partial charge in [0.15, 0.2) is 5.96 Å². The first-order chi connectivity index (χ1) is 11.3. The molecule has 1 saturated heterocycles. The van der Waals surface area contributed by atoms with Crippen molar-refractivity contribution in [3.63, 3.8) is 0 Å². The highest BCUT2D eigenvalue weighted by atomic mass is 127. The lowest BCUT2D eigenvalue weighted by molar-refractivity contribution is -0.128. The first-order valence-electron chi connectivity index (χ1n) is 8.11. The average Bonchev–Trinajstić information content (AvgIpc) is 2.59. The Labute approximate surface area is 165 Å². The Bertz CT molecular complexity index is 598. The number of nitrogens with two attached hydrogens (primary N) is 1. The van der Waals surface area contributed by atoms with Crippen molar-refractivity contribution in [1.82, 2.24) is 10.2 Å². The van der Waals surface area contributed by atoms with Gasteiger partial charge >= 0.3 is 0 Å². The van der Waals surface area contributed by atoms with E-state index in [1.54, 1.807) is 19.2 Å². The molecule has 1 aliphatic heterocycles. The van der Waals surface area contributed by atoms with Crippen LogP contribution in [0.5, 0.6) is 0 Å². The van der Waals surface area contributed by atoms with Crippen LogP contribution >= 0.6 is 24.0 Å². The summed E-state index contributed by atoms with van der Waals surface area (Å²) >= 11 is 0. The van der Waals surface area contributed by atoms with Crippen LogP contribution in [0.2, 0.25) is 0 Å². The zero-order chi connectivity index (χ0) is 17.7. The van der Waals surface area contributed by atoms with Gasteiger partial charge in [-0.05, 0) is 38.1 Å². The maximum absolute atomic E-state index is 13.0. The van der Waals surface area contributed by atoms with Crippen molar-refractivity contribution in [1.29, 1.82) is 0 Å². The van der Waals surface area contributed by atoms with E-state index in [2.05, 4.69) is 15.2 Å². The number of carbonyl (C=O) groups is 1. The summed E-state index contributed by atoms with van der Waals surface area (Å²) in [6, 6.07) is 6.51. The fourth-order valence-corrected chi connectivity index (χ4v) is 2.63. The van der Waals surface area contributed by atoms with E-state index in [0.29, 0.717) is 12.5 Å². The normalized spacial score (nSPS) is 15.6. The number of aliphatic imine (C=N–C) groups is 1. The maximum atomic E-state index is 13.0. The summed E-state index contributed by atoms with van der Waals surface area (Å²) in [6.45, 7) is 7.10. The maximum Gasteiger partial charge on any atom is 0.227 e. The van der Waals surface area contributed by atoms with Crippen LogP contribution in [0.3, 0.4) is 0 Å². The van der Waals surface area contributed by atoms with E-state index in [4.69, 9.17) is 5.73 Å². The minimum Gasteiger partial charge on any atom is -0.370 e. The molecule has 3 N–H and O–H groups in total. The van der Waals surface area contributed by atoms with Gasteiger partial charge in [0.2, 0.25) is 5.91 Å². The molecule has 0 aromatic heterocycles. The molecule has 0 radical (unpaired) electrons. The third kappa shape index (κ3) is 5.72. The first-order valence-corrected chi connectivity index (χ1v) is 8.11. The Hall–Kier alpha value is -1.58. The Morgan fingerprint density at radius 1 is 1.24 bits per heavy atom. The molecule has 0 unspecified atom stereocenters. The van der Waals surface area contributed by atoms with Crippen molar-refractivity contribution in [2.24, 2.45) is 16.1 Å². The van der Waals surface area contributed by atoms with E-state index in [-0.39, 0.29) is 35.7 Å². The van der Waals surface area contributed by atoms with E-state index < -0.39 is 5.41 Å². The molecule has 1 amide bonds. The molecule has 140 valence electrons. The SMILES string of the molecule is CNC(=O)C(C)(C)CN=C(N)N1CCN(c2ccc(F)cc2)CC1.I. The highest BCUT2D eigenvalue weighted by Crippen LogP contribution is 2.18. The van der Waals surface area contributed by atoms with Gasteiger partial charge in [-0.15, -0.1) is 24.0 Å². The standard InChI is InChI=1S/C17H26FN5O.HI/c1-17(2,15(24)20-3)12-21-16(19)23-10-8-22(9-11-23)14-6-4-13(18)5-7-14;/h4-7H,8-12H2,1-3H3,(H2,19,21)(H,20,24);1H. The number of carbonyl (C=O) groups excluding carboxylic acids is 1. The van der Waals surface area contributed by atoms with Gasteiger partial charge in [-0.25, -0.2) is 4.39 Å². The summed E-state index contributed by atoms with van der Waals surface area (Å²) in [4.78, 5) is 20.4. The second-order valence-corrected chi connectivity index (χ2v) is 6.59. The first kappa shape index (κ1) is 21.5. The number of nitrogens with one attached hydrogen (secondary N) is 1. The third-order valence-corrected chi connectivity index (χ3v) is 4.27. The number of rotatable bonds is 4. The lowest BCUT2D eigenvalue weighted by Gasteiger charge is -2.36. The number of piperazine rings is 1. The second-order valence-electron chi connectivity index (χ2n) is 6.59. The highest BCUT2D eigenvalue weighted by Gasteiger charge is 2.27. The third-order valence-electron chi connectivity index (χ3n) is 4.27. The summed E-state index contributed by atoms with van der Waals surface area (Å²) < 4.78 is 13.0. The molecule has 6 nitrogen and oxygen atoms in total. The Morgan fingerprint density at radius 3 is 2.32 bits per heavy atom. The zero-order valence-corrected chi connectivity index (χ0v) is 17.3. The van der Waals surface area contributed by atoms with Crippen molar-refractivity contribution in [2.75, 3.05) is 44.7 Å². The molecular formula is C17H27FIN5O. The van der Waals surface area contributed by atoms with Crippen LogP contribution in [0.15, 0.2) is 29.3 Å². The highest BCUT2D eigenvalue weighted by molar-refractivity contribution is 14.0. The number of amides is 1. The topological polar surface area (TPSA) is 74.0 Å². The number of halogens is 2. The Kier molecular flexibility index (Phi) is 7.91. The van der Waals surface area contributed by atoms with Crippen molar-refractivity contribution in [2.45, 2.75) is 13.8 Å². The minimum absolute atomic E-state index is 0. The fourth-order valence-electron chi connectivity index (χ4n) is 2.63. The monoisotopic (exact) mass is 463 g/mol. The molecule has 1 aromatic rings. The van der Waals surface area contributed by atoms with Crippen LogP contribution < -0.4 is 16.0 Å². The number of benzene rings is 1. The van der Waals surface area contributed by atoms with Crippen LogP contribution in [0.1, 0.15) is 13.8 Å². The number of hydrogen-bond donors (Lipinski definition) is 2. The molecular weight excluding hydrogens is 436 g/mol. The Balaban J connectivity index is 0.00000312. The van der Waals surface area contributed by atoms with E-state index in [1.807, 2.05) is 18.7 Å². The van der Waals surface area contributed by atoms with Crippen LogP contribution in [-0.2, 0) is 4.79 Å². The molecule has 0 bridgehead atoms. The zero-order valence-electron chi connectivity index (χ0n) is 15.0. The molecule has 25 heavy (non-hydrogen) atoms. The van der Waals surface area contributed by atoms with E-state index in [1.165, 1.54) is 12.1 Å². The number of guanidine groups is 1. The number of hydrogen-bond acceptors (Lipinski definition) is 3. The van der Waals surface area contributed by atoms with Gasteiger partial charge in [0.05, 0.1) is 12.0 Å². The largest absolute Gasteiger partial charge is 0.370 e. The van der Waals surface area contributed by atoms with Gasteiger partial charge in [0.1, 0.15) is 5.82 Å². The molecule has 0 aliphatic carbocycles. The molecule has 0 spiro atoms. The van der Waals surface area contributed by atoms with E-state index in [9.17, 15) is 9.18 Å². The summed E-state index contributed by atoms with van der Waals surface area (Å²) in [6.07, 6.45) is 0. The van der Waals surface area contributed by atoms with Crippen molar-refractivity contribution in [3.8, 4) is 0 Å². The molecule has 0 atom stereocenters. The molecule has 1 aliphatic rings. The fraction of sp³-hybridized carbons (Fsp3) is 0.529. The summed E-state index contributed by atoms with van der Waals surface area (Å²) in [5.41, 5.74) is 6.50. The van der Waals surface area contributed by atoms with Crippen LogP contribution in [-0.4, -0.2) is 56.5 Å². The Morgan fingerprint density at radius 2 is 1.80 bits per heavy atom. The van der Waals surface area contributed by atoms with Crippen LogP contribution in [0, 0.1) is 11.2 Å². The van der Waals surface area contributed by atoms with Gasteiger partial charge in [-0.1, -0.05) is 0 Å². The quantitative estimate of drug-likeness (QED) is 0.405. The lowest BCUT2D eigenvalue weighted by Crippen LogP contribution is -2.51. The van der Waals surface area contributed by atoms with Gasteiger partial charge < -0.3 is 20.9 Å². The molecule has 2 rings (SSSR count). The molecule has 8 heteroatoms. The second kappa shape index (κ2) is 9.21. The number of anilines is 1. The molecule has 1 heterocycles. The molecule has 1 fully saturated rings. The summed E-state index contributed by atoms with van der Waals surface area (Å²) in [7, 11) is 1.62. The number of nitrogens with zero attached hydrogens (tertiary/aromatic N) is 3. The predicted molar refractivity (Wildman–Crippen MR) is 110 cm³/mol. The van der Waals surface area contributed by atoms with Gasteiger partial charge in [0, 0.05) is 38.9 Å². The van der Waals surface area contributed by atoms with Gasteiger partial charge in [0.25, 0.3) is 0 Å². The summed E-state index contributed by atoms with van der Waals surface area (Å²) in [5, 5.41) is 2.64. The molecule has 1 aromatic carbocycles. The van der Waals surface area contributed by atoms with Crippen molar-refractivity contribution < 1.29 is 9.18 Å². The average molecular weight is 463 g/mol. The van der Waals surface area contributed by atoms with Gasteiger partial charge in [-0.3, -0.25) is 9.79 Å². The van der Waals surface area contributed by atoms with Gasteiger partial charge in [-0.2, -0.15) is 0 Å². The van der Waals surface area contributed by atoms with Crippen molar-refractivity contribution in [3.05, 3.63) is 30.1 Å². The smallest absolute Gasteiger partial charge is 0.227 e. The van der Waals surface area contributed by atoms with E-state index >= 15 is 0 Å². The summed E-state index contributed by atoms with van der Waals surface area (Å²) in [5.74, 6) is 0.179. The molecule has 0 saturated carbocycles. The predicted octanol–water partition coefficient (Wildman–Crippen LogP) is 1.65. The van der Waals surface area contributed by atoms with E-state index in [0.717, 1.165) is 31.9 Å². The minimum atomic E-state index is -0.588. The lowest BCUT2D eigenvalue weighted by atomic mass is 9.93. The van der Waals surface area contributed by atoms with Crippen molar-refractivity contribution >= 4 is 41.5 Å².